The molecule has 19 heavy (non-hydrogen) atoms. The van der Waals surface area contributed by atoms with E-state index in [1.54, 1.807) is 0 Å². The fraction of sp³-hybridized carbons (Fsp3) is 0.667. The highest BCUT2D eigenvalue weighted by Crippen LogP contribution is 1.87. The van der Waals surface area contributed by atoms with E-state index < -0.39 is 43.6 Å². The summed E-state index contributed by atoms with van der Waals surface area (Å²) in [4.78, 5) is 31.2. The molecule has 0 heterocycles. The van der Waals surface area contributed by atoms with Crippen LogP contribution in [0.1, 0.15) is 0 Å². The molecule has 0 radical (unpaired) electrons. The molecule has 0 saturated carbocycles. The van der Waals surface area contributed by atoms with E-state index in [1.165, 1.54) is 0 Å². The minimum Gasteiger partial charge on any atom is -0.480 e. The van der Waals surface area contributed by atoms with Crippen molar-refractivity contribution in [3.8, 4) is 0 Å². The molecule has 10 heteroatoms. The minimum absolute atomic E-state index is 0.365. The summed E-state index contributed by atoms with van der Waals surface area (Å²) in [7, 11) is 0. The van der Waals surface area contributed by atoms with Gasteiger partial charge in [0.25, 0.3) is 0 Å². The predicted octanol–water partition coefficient (Wildman–Crippen LogP) is -3.13. The van der Waals surface area contributed by atoms with Crippen LogP contribution in [0.3, 0.4) is 0 Å². The van der Waals surface area contributed by atoms with Gasteiger partial charge in [-0.25, -0.2) is 0 Å². The van der Waals surface area contributed by atoms with Crippen LogP contribution in [0.25, 0.3) is 0 Å². The SMILES string of the molecule is O=C(O)CN(CC(=O)O)CC(=O)O.OCC(O)CO. The summed E-state index contributed by atoms with van der Waals surface area (Å²) in [5.74, 6) is -3.78. The van der Waals surface area contributed by atoms with Gasteiger partial charge < -0.3 is 30.6 Å². The summed E-state index contributed by atoms with van der Waals surface area (Å²) < 4.78 is 0. The van der Waals surface area contributed by atoms with Crippen LogP contribution in [0.4, 0.5) is 0 Å². The van der Waals surface area contributed by atoms with Crippen LogP contribution in [0, 0.1) is 0 Å². The fourth-order valence-electron chi connectivity index (χ4n) is 0.799. The first-order valence-corrected chi connectivity index (χ1v) is 5.00. The monoisotopic (exact) mass is 283 g/mol. The lowest BCUT2D eigenvalue weighted by atomic mass is 10.4. The Balaban J connectivity index is 0. The van der Waals surface area contributed by atoms with Gasteiger partial charge in [-0.3, -0.25) is 19.3 Å². The first-order valence-electron chi connectivity index (χ1n) is 5.00. The second-order valence-corrected chi connectivity index (χ2v) is 3.35. The highest BCUT2D eigenvalue weighted by atomic mass is 16.4. The fourth-order valence-corrected chi connectivity index (χ4v) is 0.799. The molecule has 0 aliphatic heterocycles. The van der Waals surface area contributed by atoms with Crippen LogP contribution in [0.5, 0.6) is 0 Å². The normalized spacial score (nSPS) is 9.95. The lowest BCUT2D eigenvalue weighted by Crippen LogP contribution is -2.38. The highest BCUT2D eigenvalue weighted by Gasteiger charge is 2.15. The number of carboxylic acids is 3. The number of nitrogens with zero attached hydrogens (tertiary/aromatic N) is 1. The Kier molecular flexibility index (Phi) is 11.7. The van der Waals surface area contributed by atoms with Crippen LogP contribution in [0.2, 0.25) is 0 Å². The van der Waals surface area contributed by atoms with Crippen LogP contribution >= 0.6 is 0 Å². The van der Waals surface area contributed by atoms with Crippen molar-refractivity contribution in [2.75, 3.05) is 32.8 Å². The molecule has 6 N–H and O–H groups in total. The molecular weight excluding hydrogens is 266 g/mol. The number of carboxylic acid groups (broad SMARTS) is 3. The maximum absolute atomic E-state index is 10.1. The molecular formula is C9H17NO9. The third kappa shape index (κ3) is 16.2. The number of hydrogen-bond donors (Lipinski definition) is 6. The van der Waals surface area contributed by atoms with Gasteiger partial charge in [-0.1, -0.05) is 0 Å². The molecule has 0 unspecified atom stereocenters. The van der Waals surface area contributed by atoms with E-state index in [0.717, 1.165) is 4.90 Å². The van der Waals surface area contributed by atoms with Gasteiger partial charge in [0, 0.05) is 0 Å². The first-order chi connectivity index (χ1) is 8.72. The molecule has 0 fully saturated rings. The molecule has 0 saturated heterocycles. The summed E-state index contributed by atoms with van der Waals surface area (Å²) in [5.41, 5.74) is 0. The van der Waals surface area contributed by atoms with E-state index in [1.807, 2.05) is 0 Å². The van der Waals surface area contributed by atoms with Gasteiger partial charge >= 0.3 is 17.9 Å². The topological polar surface area (TPSA) is 176 Å². The van der Waals surface area contributed by atoms with Gasteiger partial charge in [-0.2, -0.15) is 0 Å². The third-order valence-corrected chi connectivity index (χ3v) is 1.50. The first kappa shape index (κ1) is 19.6. The van der Waals surface area contributed by atoms with Crippen molar-refractivity contribution in [3.05, 3.63) is 0 Å². The Hall–Kier alpha value is -1.75. The number of aliphatic carboxylic acids is 3. The number of hydrogen-bond acceptors (Lipinski definition) is 7. The Morgan fingerprint density at radius 3 is 1.16 bits per heavy atom. The van der Waals surface area contributed by atoms with E-state index in [9.17, 15) is 14.4 Å². The highest BCUT2D eigenvalue weighted by molar-refractivity contribution is 5.75. The molecule has 0 amide bonds. The standard InChI is InChI=1S/C6H9NO6.C3H8O3/c8-4(9)1-7(2-5(10)11)3-6(12)13;4-1-3(6)2-5/h1-3H2,(H,8,9)(H,10,11)(H,12,13);3-6H,1-2H2. The summed E-state index contributed by atoms with van der Waals surface area (Å²) >= 11 is 0. The second-order valence-electron chi connectivity index (χ2n) is 3.35. The predicted molar refractivity (Wildman–Crippen MR) is 59.5 cm³/mol. The molecule has 112 valence electrons. The Morgan fingerprint density at radius 2 is 1.05 bits per heavy atom. The van der Waals surface area contributed by atoms with Gasteiger partial charge in [0.1, 0.15) is 6.10 Å². The zero-order chi connectivity index (χ0) is 15.4. The Bertz CT molecular complexity index is 251. The molecule has 0 aromatic heterocycles. The Morgan fingerprint density at radius 1 is 0.789 bits per heavy atom. The number of rotatable bonds is 8. The number of aliphatic hydroxyl groups excluding tert-OH is 3. The molecule has 0 rings (SSSR count). The van der Waals surface area contributed by atoms with Gasteiger partial charge in [0.2, 0.25) is 0 Å². The molecule has 0 aromatic rings. The lowest BCUT2D eigenvalue weighted by Gasteiger charge is -2.14. The zero-order valence-electron chi connectivity index (χ0n) is 9.97. The van der Waals surface area contributed by atoms with Crippen LogP contribution in [0.15, 0.2) is 0 Å². The molecule has 0 spiro atoms. The number of carbonyl (C=O) groups is 3. The average molecular weight is 283 g/mol. The number of aliphatic hydroxyl groups is 3. The lowest BCUT2D eigenvalue weighted by molar-refractivity contribution is -0.144. The van der Waals surface area contributed by atoms with Gasteiger partial charge in [0.05, 0.1) is 32.8 Å². The second kappa shape index (κ2) is 11.3. The molecule has 0 aromatic carbocycles. The average Bonchev–Trinajstić information content (AvgIpc) is 2.26. The van der Waals surface area contributed by atoms with Gasteiger partial charge in [-0.05, 0) is 0 Å². The summed E-state index contributed by atoms with van der Waals surface area (Å²) in [6.45, 7) is -2.53. The minimum atomic E-state index is -1.26. The molecule has 10 nitrogen and oxygen atoms in total. The van der Waals surface area contributed by atoms with Crippen LogP contribution < -0.4 is 0 Å². The van der Waals surface area contributed by atoms with E-state index >= 15 is 0 Å². The molecule has 0 bridgehead atoms. The van der Waals surface area contributed by atoms with Crippen molar-refractivity contribution >= 4 is 17.9 Å². The molecule has 0 atom stereocenters. The largest absolute Gasteiger partial charge is 0.480 e. The van der Waals surface area contributed by atoms with Crippen molar-refractivity contribution in [3.63, 3.8) is 0 Å². The van der Waals surface area contributed by atoms with Crippen molar-refractivity contribution in [2.24, 2.45) is 0 Å². The van der Waals surface area contributed by atoms with E-state index in [0.29, 0.717) is 0 Å². The zero-order valence-corrected chi connectivity index (χ0v) is 9.97. The van der Waals surface area contributed by atoms with Crippen molar-refractivity contribution in [2.45, 2.75) is 6.10 Å². The maximum Gasteiger partial charge on any atom is 0.317 e. The maximum atomic E-state index is 10.1. The summed E-state index contributed by atoms with van der Waals surface area (Å²) in [5, 5.41) is 48.9. The van der Waals surface area contributed by atoms with E-state index in [4.69, 9.17) is 30.6 Å². The van der Waals surface area contributed by atoms with Crippen LogP contribution in [-0.4, -0.2) is 92.4 Å². The van der Waals surface area contributed by atoms with Gasteiger partial charge in [0.15, 0.2) is 0 Å². The van der Waals surface area contributed by atoms with Crippen molar-refractivity contribution in [1.29, 1.82) is 0 Å². The summed E-state index contributed by atoms with van der Waals surface area (Å²) in [6.07, 6.45) is -0.954. The molecule has 0 aliphatic rings. The quantitative estimate of drug-likeness (QED) is 0.267. The smallest absolute Gasteiger partial charge is 0.317 e. The van der Waals surface area contributed by atoms with E-state index in [-0.39, 0.29) is 13.2 Å². The van der Waals surface area contributed by atoms with Crippen LogP contribution in [-0.2, 0) is 14.4 Å². The van der Waals surface area contributed by atoms with E-state index in [2.05, 4.69) is 0 Å². The summed E-state index contributed by atoms with van der Waals surface area (Å²) in [6, 6.07) is 0. The molecule has 0 aliphatic carbocycles. The third-order valence-electron chi connectivity index (χ3n) is 1.50. The Labute approximate surface area is 108 Å². The van der Waals surface area contributed by atoms with Crippen molar-refractivity contribution in [1.82, 2.24) is 4.90 Å². The van der Waals surface area contributed by atoms with Gasteiger partial charge in [-0.15, -0.1) is 0 Å². The van der Waals surface area contributed by atoms with Crippen molar-refractivity contribution < 1.29 is 45.0 Å².